The summed E-state index contributed by atoms with van der Waals surface area (Å²) in [7, 11) is 0. The van der Waals surface area contributed by atoms with Gasteiger partial charge in [-0.25, -0.2) is 4.98 Å². The minimum atomic E-state index is -4.69. The van der Waals surface area contributed by atoms with Gasteiger partial charge in [-0.3, -0.25) is 5.10 Å². The van der Waals surface area contributed by atoms with E-state index in [1.165, 1.54) is 18.5 Å². The molecule has 0 fully saturated rings. The van der Waals surface area contributed by atoms with Gasteiger partial charge in [-0.2, -0.15) is 27.8 Å². The number of halogens is 3. The first-order chi connectivity index (χ1) is 13.6. The van der Waals surface area contributed by atoms with Crippen LogP contribution in [0.1, 0.15) is 38.5 Å². The van der Waals surface area contributed by atoms with E-state index < -0.39 is 23.5 Å². The SMILES string of the molecule is CC(C)(C)C(Nc1ccc2nnc(C(F)(F)F)n2n1)c1nc(-c2ncn[nH]2)no1. The standard InChI is InChI=1S/C15H15F3N10O/c1-14(2,3)9(12-22-11(27-29-12)10-19-6-20-24-10)21-7-4-5-8-23-25-13(15(16,17)18)28(8)26-7/h4-6,9H,1-3H3,(H,21,26)(H,19,20,24). The number of nitrogens with zero attached hydrogens (tertiary/aromatic N) is 8. The summed E-state index contributed by atoms with van der Waals surface area (Å²) in [6, 6.07) is 2.31. The van der Waals surface area contributed by atoms with Gasteiger partial charge in [0.15, 0.2) is 11.5 Å². The van der Waals surface area contributed by atoms with Crippen molar-refractivity contribution in [3.63, 3.8) is 0 Å². The molecule has 152 valence electrons. The number of aromatic amines is 1. The smallest absolute Gasteiger partial charge is 0.357 e. The van der Waals surface area contributed by atoms with Crippen LogP contribution in [-0.2, 0) is 6.18 Å². The molecule has 4 aromatic rings. The Kier molecular flexibility index (Phi) is 4.20. The summed E-state index contributed by atoms with van der Waals surface area (Å²) in [5.41, 5.74) is -0.484. The maximum absolute atomic E-state index is 13.1. The molecule has 0 amide bonds. The molecule has 0 aliphatic carbocycles. The quantitative estimate of drug-likeness (QED) is 0.522. The van der Waals surface area contributed by atoms with Crippen molar-refractivity contribution in [2.45, 2.75) is 33.0 Å². The van der Waals surface area contributed by atoms with Crippen molar-refractivity contribution < 1.29 is 17.7 Å². The van der Waals surface area contributed by atoms with E-state index in [-0.39, 0.29) is 23.2 Å². The van der Waals surface area contributed by atoms with Gasteiger partial charge in [0.25, 0.3) is 5.82 Å². The van der Waals surface area contributed by atoms with Crippen LogP contribution in [0.4, 0.5) is 19.0 Å². The minimum Gasteiger partial charge on any atom is -0.357 e. The van der Waals surface area contributed by atoms with Crippen molar-refractivity contribution in [2.75, 3.05) is 5.32 Å². The molecule has 29 heavy (non-hydrogen) atoms. The number of rotatable bonds is 4. The maximum Gasteiger partial charge on any atom is 0.453 e. The van der Waals surface area contributed by atoms with Gasteiger partial charge in [-0.15, -0.1) is 15.3 Å². The number of alkyl halides is 3. The van der Waals surface area contributed by atoms with E-state index in [0.29, 0.717) is 10.3 Å². The van der Waals surface area contributed by atoms with Gasteiger partial charge in [0, 0.05) is 0 Å². The topological polar surface area (TPSA) is 136 Å². The molecule has 2 N–H and O–H groups in total. The van der Waals surface area contributed by atoms with Crippen molar-refractivity contribution >= 4 is 11.5 Å². The van der Waals surface area contributed by atoms with E-state index in [2.05, 4.69) is 45.9 Å². The summed E-state index contributed by atoms with van der Waals surface area (Å²) in [6.45, 7) is 5.71. The molecule has 11 nitrogen and oxygen atoms in total. The monoisotopic (exact) mass is 408 g/mol. The number of aromatic nitrogens is 9. The van der Waals surface area contributed by atoms with E-state index in [0.717, 1.165) is 0 Å². The number of hydrogen-bond acceptors (Lipinski definition) is 9. The lowest BCUT2D eigenvalue weighted by Gasteiger charge is -2.28. The van der Waals surface area contributed by atoms with Gasteiger partial charge in [-0.05, 0) is 17.5 Å². The third-order valence-corrected chi connectivity index (χ3v) is 3.99. The van der Waals surface area contributed by atoms with E-state index >= 15 is 0 Å². The first kappa shape index (κ1) is 18.8. The number of fused-ring (bicyclic) bond motifs is 1. The lowest BCUT2D eigenvalue weighted by atomic mass is 9.86. The molecule has 0 saturated carbocycles. The van der Waals surface area contributed by atoms with E-state index in [1.54, 1.807) is 0 Å². The van der Waals surface area contributed by atoms with Crippen LogP contribution in [-0.4, -0.2) is 45.1 Å². The molecule has 14 heteroatoms. The van der Waals surface area contributed by atoms with Crippen LogP contribution in [0, 0.1) is 5.41 Å². The molecule has 1 unspecified atom stereocenters. The number of H-pyrrole nitrogens is 1. The summed E-state index contributed by atoms with van der Waals surface area (Å²) in [6.07, 6.45) is -3.38. The highest BCUT2D eigenvalue weighted by molar-refractivity contribution is 5.46. The van der Waals surface area contributed by atoms with Gasteiger partial charge in [0.1, 0.15) is 18.2 Å². The zero-order valence-corrected chi connectivity index (χ0v) is 15.4. The first-order valence-corrected chi connectivity index (χ1v) is 8.38. The molecule has 0 aliphatic heterocycles. The molecule has 4 aromatic heterocycles. The highest BCUT2D eigenvalue weighted by Crippen LogP contribution is 2.35. The van der Waals surface area contributed by atoms with Crippen molar-refractivity contribution in [1.82, 2.24) is 45.1 Å². The molecule has 0 aliphatic rings. The highest BCUT2D eigenvalue weighted by Gasteiger charge is 2.38. The predicted octanol–water partition coefficient (Wildman–Crippen LogP) is 2.51. The van der Waals surface area contributed by atoms with Crippen LogP contribution in [0.15, 0.2) is 23.0 Å². The fourth-order valence-electron chi connectivity index (χ4n) is 2.60. The van der Waals surface area contributed by atoms with Crippen LogP contribution >= 0.6 is 0 Å². The lowest BCUT2D eigenvalue weighted by molar-refractivity contribution is -0.146. The molecule has 4 heterocycles. The Morgan fingerprint density at radius 1 is 1.17 bits per heavy atom. The van der Waals surface area contributed by atoms with Gasteiger partial charge in [-0.1, -0.05) is 25.9 Å². The predicted molar refractivity (Wildman–Crippen MR) is 91.3 cm³/mol. The maximum atomic E-state index is 13.1. The van der Waals surface area contributed by atoms with Crippen molar-refractivity contribution in [3.05, 3.63) is 30.2 Å². The Bertz CT molecular complexity index is 1130. The summed E-state index contributed by atoms with van der Waals surface area (Å²) < 4.78 is 45.3. The van der Waals surface area contributed by atoms with Crippen molar-refractivity contribution in [3.8, 4) is 11.6 Å². The van der Waals surface area contributed by atoms with Crippen LogP contribution in [0.2, 0.25) is 0 Å². The average Bonchev–Trinajstić information content (AvgIpc) is 3.36. The Morgan fingerprint density at radius 2 is 1.97 bits per heavy atom. The lowest BCUT2D eigenvalue weighted by Crippen LogP contribution is -2.27. The molecule has 0 spiro atoms. The molecule has 0 radical (unpaired) electrons. The Balaban J connectivity index is 1.69. The summed E-state index contributed by atoms with van der Waals surface area (Å²) >= 11 is 0. The summed E-state index contributed by atoms with van der Waals surface area (Å²) in [5, 5.41) is 23.9. The summed E-state index contributed by atoms with van der Waals surface area (Å²) in [5.74, 6) is -0.316. The fourth-order valence-corrected chi connectivity index (χ4v) is 2.60. The number of nitrogens with one attached hydrogen (secondary N) is 2. The van der Waals surface area contributed by atoms with Crippen LogP contribution in [0.3, 0.4) is 0 Å². The fraction of sp³-hybridized carbons (Fsp3) is 0.400. The zero-order chi connectivity index (χ0) is 20.8. The normalized spacial score (nSPS) is 13.7. The average molecular weight is 408 g/mol. The second kappa shape index (κ2) is 6.49. The van der Waals surface area contributed by atoms with Crippen LogP contribution in [0.25, 0.3) is 17.3 Å². The van der Waals surface area contributed by atoms with Gasteiger partial charge in [0.2, 0.25) is 11.7 Å². The van der Waals surface area contributed by atoms with Crippen molar-refractivity contribution in [2.24, 2.45) is 5.41 Å². The summed E-state index contributed by atoms with van der Waals surface area (Å²) in [4.78, 5) is 8.27. The second-order valence-electron chi connectivity index (χ2n) is 7.24. The molecular weight excluding hydrogens is 393 g/mol. The third-order valence-electron chi connectivity index (χ3n) is 3.99. The third kappa shape index (κ3) is 3.60. The Morgan fingerprint density at radius 3 is 2.62 bits per heavy atom. The van der Waals surface area contributed by atoms with Gasteiger partial charge < -0.3 is 9.84 Å². The molecule has 0 aromatic carbocycles. The van der Waals surface area contributed by atoms with Gasteiger partial charge >= 0.3 is 6.18 Å². The highest BCUT2D eigenvalue weighted by atomic mass is 19.4. The second-order valence-corrected chi connectivity index (χ2v) is 7.24. The molecule has 1 atom stereocenters. The molecule has 0 saturated heterocycles. The number of anilines is 1. The largest absolute Gasteiger partial charge is 0.453 e. The van der Waals surface area contributed by atoms with E-state index in [1.807, 2.05) is 20.8 Å². The van der Waals surface area contributed by atoms with E-state index in [9.17, 15) is 13.2 Å². The van der Waals surface area contributed by atoms with Crippen LogP contribution < -0.4 is 5.32 Å². The van der Waals surface area contributed by atoms with Crippen LogP contribution in [0.5, 0.6) is 0 Å². The van der Waals surface area contributed by atoms with Gasteiger partial charge in [0.05, 0.1) is 0 Å². The molecule has 0 bridgehead atoms. The molecular formula is C15H15F3N10O. The van der Waals surface area contributed by atoms with E-state index in [4.69, 9.17) is 4.52 Å². The first-order valence-electron chi connectivity index (χ1n) is 8.38. The van der Waals surface area contributed by atoms with Crippen molar-refractivity contribution in [1.29, 1.82) is 0 Å². The Labute approximate surface area is 160 Å². The minimum absolute atomic E-state index is 0.0272. The zero-order valence-electron chi connectivity index (χ0n) is 15.4. The molecule has 4 rings (SSSR count). The number of hydrogen-bond donors (Lipinski definition) is 2. The Hall–Kier alpha value is -3.58.